The monoisotopic (exact) mass is 337 g/mol. The number of benzene rings is 1. The zero-order valence-electron chi connectivity index (χ0n) is 14.5. The van der Waals surface area contributed by atoms with E-state index in [0.29, 0.717) is 12.3 Å². The van der Waals surface area contributed by atoms with E-state index in [0.717, 1.165) is 43.2 Å². The average Bonchev–Trinajstić information content (AvgIpc) is 3.07. The molecule has 1 fully saturated rings. The van der Waals surface area contributed by atoms with Gasteiger partial charge in [-0.25, -0.2) is 5.01 Å². The first-order valence-electron chi connectivity index (χ1n) is 9.11. The normalized spacial score (nSPS) is 28.6. The van der Waals surface area contributed by atoms with E-state index in [1.165, 1.54) is 10.6 Å². The Hall–Kier alpha value is -2.43. The molecule has 2 amide bonds. The number of hydrogen-bond donors (Lipinski definition) is 1. The van der Waals surface area contributed by atoms with Crippen molar-refractivity contribution < 1.29 is 9.59 Å². The van der Waals surface area contributed by atoms with Gasteiger partial charge >= 0.3 is 0 Å². The van der Waals surface area contributed by atoms with Gasteiger partial charge in [-0.15, -0.1) is 0 Å². The number of carbonyl (C=O) groups excluding carboxylic acids is 2. The average molecular weight is 337 g/mol. The Morgan fingerprint density at radius 3 is 2.72 bits per heavy atom. The Balaban J connectivity index is 1.74. The van der Waals surface area contributed by atoms with Crippen molar-refractivity contribution in [3.8, 4) is 0 Å². The van der Waals surface area contributed by atoms with Gasteiger partial charge in [0.25, 0.3) is 5.91 Å². The van der Waals surface area contributed by atoms with Gasteiger partial charge in [0, 0.05) is 17.9 Å². The van der Waals surface area contributed by atoms with Crippen LogP contribution in [0.25, 0.3) is 0 Å². The highest BCUT2D eigenvalue weighted by Gasteiger charge is 2.43. The first-order chi connectivity index (χ1) is 12.1. The second-order valence-corrected chi connectivity index (χ2v) is 7.16. The van der Waals surface area contributed by atoms with Gasteiger partial charge in [-0.1, -0.05) is 41.5 Å². The second-order valence-electron chi connectivity index (χ2n) is 7.16. The molecule has 3 aliphatic rings. The lowest BCUT2D eigenvalue weighted by Crippen LogP contribution is -2.57. The third-order valence-electron chi connectivity index (χ3n) is 5.40. The summed E-state index contributed by atoms with van der Waals surface area (Å²) < 4.78 is 0. The van der Waals surface area contributed by atoms with E-state index >= 15 is 0 Å². The lowest BCUT2D eigenvalue weighted by Gasteiger charge is -2.35. The molecule has 25 heavy (non-hydrogen) atoms. The number of nitrogens with one attached hydrogen (secondary N) is 1. The molecular formula is C20H23N3O2. The number of hydrogen-bond acceptors (Lipinski definition) is 3. The molecule has 0 bridgehead atoms. The Labute approximate surface area is 147 Å². The van der Waals surface area contributed by atoms with Crippen molar-refractivity contribution in [2.24, 2.45) is 11.0 Å². The fraction of sp³-hybridized carbons (Fsp3) is 0.450. The highest BCUT2D eigenvalue weighted by molar-refractivity contribution is 6.11. The number of nitrogens with zero attached hydrogens (tertiary/aromatic N) is 2. The van der Waals surface area contributed by atoms with Gasteiger partial charge in [0.15, 0.2) is 5.84 Å². The minimum absolute atomic E-state index is 0.0500. The molecule has 1 aliphatic carbocycles. The highest BCUT2D eigenvalue weighted by Crippen LogP contribution is 2.38. The van der Waals surface area contributed by atoms with E-state index in [9.17, 15) is 9.59 Å². The molecule has 2 heterocycles. The summed E-state index contributed by atoms with van der Waals surface area (Å²) >= 11 is 0. The fourth-order valence-electron chi connectivity index (χ4n) is 4.07. The fourth-order valence-corrected chi connectivity index (χ4v) is 4.07. The first kappa shape index (κ1) is 16.1. The summed E-state index contributed by atoms with van der Waals surface area (Å²) in [5.74, 6) is 0.410. The maximum Gasteiger partial charge on any atom is 0.251 e. The molecule has 4 rings (SSSR count). The number of allylic oxidation sites excluding steroid dienone is 1. The largest absolute Gasteiger partial charge is 0.307 e. The molecule has 5 nitrogen and oxygen atoms in total. The van der Waals surface area contributed by atoms with Crippen LogP contribution in [0.15, 0.2) is 41.0 Å². The molecule has 5 heteroatoms. The molecule has 0 saturated heterocycles. The Bertz CT molecular complexity index is 764. The van der Waals surface area contributed by atoms with Crippen LogP contribution in [0.5, 0.6) is 0 Å². The van der Waals surface area contributed by atoms with Gasteiger partial charge < -0.3 is 5.32 Å². The van der Waals surface area contributed by atoms with E-state index in [2.05, 4.69) is 16.5 Å². The number of amides is 2. The van der Waals surface area contributed by atoms with Gasteiger partial charge in [0.1, 0.15) is 6.04 Å². The van der Waals surface area contributed by atoms with Crippen molar-refractivity contribution in [3.63, 3.8) is 0 Å². The Kier molecular flexibility index (Phi) is 4.15. The first-order valence-corrected chi connectivity index (χ1v) is 9.11. The van der Waals surface area contributed by atoms with Crippen molar-refractivity contribution in [2.45, 2.75) is 51.5 Å². The zero-order chi connectivity index (χ0) is 17.4. The molecule has 2 aliphatic heterocycles. The van der Waals surface area contributed by atoms with Crippen LogP contribution in [0.3, 0.4) is 0 Å². The van der Waals surface area contributed by atoms with Gasteiger partial charge in [-0.2, -0.15) is 5.10 Å². The van der Waals surface area contributed by atoms with E-state index < -0.39 is 6.04 Å². The quantitative estimate of drug-likeness (QED) is 0.801. The molecule has 1 saturated carbocycles. The lowest BCUT2D eigenvalue weighted by molar-refractivity contribution is -0.142. The predicted octanol–water partition coefficient (Wildman–Crippen LogP) is 2.89. The van der Waals surface area contributed by atoms with Crippen molar-refractivity contribution in [3.05, 3.63) is 47.0 Å². The van der Waals surface area contributed by atoms with Gasteiger partial charge in [0.2, 0.25) is 5.91 Å². The van der Waals surface area contributed by atoms with Crippen LogP contribution < -0.4 is 5.32 Å². The summed E-state index contributed by atoms with van der Waals surface area (Å²) in [5.41, 5.74) is 3.30. The number of aryl methyl sites for hydroxylation is 1. The van der Waals surface area contributed by atoms with Crippen molar-refractivity contribution in [1.29, 1.82) is 0 Å². The molecule has 1 aromatic rings. The van der Waals surface area contributed by atoms with Crippen molar-refractivity contribution in [1.82, 2.24) is 10.3 Å². The number of rotatable bonds is 1. The maximum absolute atomic E-state index is 12.9. The van der Waals surface area contributed by atoms with Gasteiger partial charge in [0.05, 0.1) is 0 Å². The molecule has 0 spiro atoms. The number of carbonyl (C=O) groups is 2. The molecule has 0 aromatic heterocycles. The van der Waals surface area contributed by atoms with Crippen LogP contribution >= 0.6 is 0 Å². The van der Waals surface area contributed by atoms with E-state index in [4.69, 9.17) is 0 Å². The molecule has 0 radical (unpaired) electrons. The molecular weight excluding hydrogens is 314 g/mol. The van der Waals surface area contributed by atoms with E-state index in [1.807, 2.05) is 31.2 Å². The zero-order valence-corrected chi connectivity index (χ0v) is 14.5. The van der Waals surface area contributed by atoms with E-state index in [1.54, 1.807) is 0 Å². The number of amidine groups is 1. The number of hydrazone groups is 1. The summed E-state index contributed by atoms with van der Waals surface area (Å²) in [6.07, 6.45) is 7.47. The van der Waals surface area contributed by atoms with Crippen molar-refractivity contribution in [2.75, 3.05) is 0 Å². The van der Waals surface area contributed by atoms with Crippen LogP contribution in [0.4, 0.5) is 0 Å². The number of fused-ring (bicyclic) bond motifs is 3. The minimum Gasteiger partial charge on any atom is -0.307 e. The third kappa shape index (κ3) is 2.99. The second kappa shape index (κ2) is 6.47. The summed E-state index contributed by atoms with van der Waals surface area (Å²) in [7, 11) is 0. The molecule has 1 N–H and O–H groups in total. The molecule has 130 valence electrons. The summed E-state index contributed by atoms with van der Waals surface area (Å²) in [6.45, 7) is 2.01. The topological polar surface area (TPSA) is 61.8 Å². The van der Waals surface area contributed by atoms with Crippen LogP contribution in [-0.4, -0.2) is 28.7 Å². The summed E-state index contributed by atoms with van der Waals surface area (Å²) in [6, 6.07) is 7.31. The van der Waals surface area contributed by atoms with Gasteiger partial charge in [-0.05, 0) is 39.0 Å². The summed E-state index contributed by atoms with van der Waals surface area (Å²) in [5, 5.41) is 9.00. The van der Waals surface area contributed by atoms with Crippen molar-refractivity contribution >= 4 is 17.6 Å². The highest BCUT2D eigenvalue weighted by atomic mass is 16.2. The minimum atomic E-state index is -0.506. The standard InChI is InChI=1S/C20H23N3O2/c1-13-9-11-15(12-10-13)19-21-20(25)18-16-7-4-6-14(16)5-2-3-8-17(24)23(18)22-19/h5,9-12,16,18H,2-4,6-8H2,1H3,(H,21,22,25)/b14-5+. The molecule has 1 aromatic carbocycles. The summed E-state index contributed by atoms with van der Waals surface area (Å²) in [4.78, 5) is 25.7. The third-order valence-corrected chi connectivity index (χ3v) is 5.40. The Morgan fingerprint density at radius 2 is 1.92 bits per heavy atom. The molecule has 2 atom stereocenters. The predicted molar refractivity (Wildman–Crippen MR) is 95.8 cm³/mol. The molecule has 2 unspecified atom stereocenters. The maximum atomic E-state index is 12.9. The van der Waals surface area contributed by atoms with Crippen LogP contribution in [-0.2, 0) is 9.59 Å². The lowest BCUT2D eigenvalue weighted by atomic mass is 9.91. The van der Waals surface area contributed by atoms with Crippen LogP contribution in [0.2, 0.25) is 0 Å². The van der Waals surface area contributed by atoms with Gasteiger partial charge in [-0.3, -0.25) is 9.59 Å². The Morgan fingerprint density at radius 1 is 1.12 bits per heavy atom. The smallest absolute Gasteiger partial charge is 0.251 e. The van der Waals surface area contributed by atoms with Crippen LogP contribution in [0.1, 0.15) is 49.7 Å². The van der Waals surface area contributed by atoms with Crippen LogP contribution in [0, 0.1) is 12.8 Å². The van der Waals surface area contributed by atoms with E-state index in [-0.39, 0.29) is 17.7 Å². The SMILES string of the molecule is Cc1ccc(C2=NN3C(=O)CCC/C=C4\CCCC4C3C(=O)N2)cc1.